The monoisotopic (exact) mass is 293 g/mol. The predicted octanol–water partition coefficient (Wildman–Crippen LogP) is 2.65. The molecule has 0 aromatic heterocycles. The van der Waals surface area contributed by atoms with Gasteiger partial charge in [-0.3, -0.25) is 4.79 Å². The van der Waals surface area contributed by atoms with Crippen LogP contribution in [0.25, 0.3) is 0 Å². The molecule has 0 saturated heterocycles. The van der Waals surface area contributed by atoms with Crippen molar-refractivity contribution in [3.8, 4) is 0 Å². The minimum atomic E-state index is -1.23. The first-order valence-corrected chi connectivity index (χ1v) is 7.21. The van der Waals surface area contributed by atoms with E-state index in [1.807, 2.05) is 0 Å². The van der Waals surface area contributed by atoms with Gasteiger partial charge in [0, 0.05) is 11.1 Å². The van der Waals surface area contributed by atoms with Gasteiger partial charge in [-0.2, -0.15) is 0 Å². The Morgan fingerprint density at radius 1 is 1.25 bits per heavy atom. The molecule has 2 aliphatic rings. The molecule has 2 fully saturated rings. The summed E-state index contributed by atoms with van der Waals surface area (Å²) in [5.74, 6) is -0.951. The number of halogens is 1. The Balaban J connectivity index is 2.12. The number of hydrogen-bond acceptors (Lipinski definition) is 2. The van der Waals surface area contributed by atoms with E-state index in [0.717, 1.165) is 25.7 Å². The first-order chi connectivity index (χ1) is 9.60. The van der Waals surface area contributed by atoms with Crippen LogP contribution in [0.5, 0.6) is 0 Å². The van der Waals surface area contributed by atoms with Crippen molar-refractivity contribution in [1.82, 2.24) is 4.90 Å². The number of aliphatic carboxylic acids is 1. The van der Waals surface area contributed by atoms with E-state index in [1.54, 1.807) is 24.3 Å². The van der Waals surface area contributed by atoms with Crippen molar-refractivity contribution in [2.45, 2.75) is 37.3 Å². The maximum atomic E-state index is 12.1. The number of carboxylic acid groups (broad SMARTS) is 1. The molecule has 0 heterocycles. The van der Waals surface area contributed by atoms with Gasteiger partial charge in [0.05, 0.1) is 0 Å². The molecule has 0 aliphatic heterocycles. The molecule has 5 heteroatoms. The molecular weight excluding hydrogens is 278 g/mol. The number of nitrogens with zero attached hydrogens (tertiary/aromatic N) is 1. The molecule has 4 nitrogen and oxygen atoms in total. The zero-order valence-electron chi connectivity index (χ0n) is 11.0. The summed E-state index contributed by atoms with van der Waals surface area (Å²) in [7, 11) is 0. The summed E-state index contributed by atoms with van der Waals surface area (Å²) in [5, 5.41) is 10.5. The van der Waals surface area contributed by atoms with Crippen LogP contribution in [0.2, 0.25) is 5.02 Å². The number of carbonyl (C=O) groups excluding carboxylic acids is 1. The summed E-state index contributed by atoms with van der Waals surface area (Å²) in [4.78, 5) is 25.2. The molecule has 1 aromatic rings. The topological polar surface area (TPSA) is 57.6 Å². The van der Waals surface area contributed by atoms with Gasteiger partial charge in [-0.05, 0) is 49.3 Å². The Morgan fingerprint density at radius 2 is 1.85 bits per heavy atom. The fourth-order valence-electron chi connectivity index (χ4n) is 3.02. The van der Waals surface area contributed by atoms with Gasteiger partial charge in [0.2, 0.25) is 6.41 Å². The normalized spacial score (nSPS) is 21.1. The highest BCUT2D eigenvalue weighted by molar-refractivity contribution is 6.30. The number of amides is 1. The Bertz CT molecular complexity index is 537. The fourth-order valence-corrected chi connectivity index (χ4v) is 3.15. The predicted molar refractivity (Wildman–Crippen MR) is 74.4 cm³/mol. The van der Waals surface area contributed by atoms with E-state index in [9.17, 15) is 14.7 Å². The highest BCUT2D eigenvalue weighted by atomic mass is 35.5. The Labute approximate surface area is 122 Å². The van der Waals surface area contributed by atoms with Crippen molar-refractivity contribution in [3.63, 3.8) is 0 Å². The van der Waals surface area contributed by atoms with Crippen LogP contribution in [0.1, 0.15) is 31.2 Å². The quantitative estimate of drug-likeness (QED) is 0.820. The number of rotatable bonds is 6. The van der Waals surface area contributed by atoms with E-state index in [1.165, 1.54) is 4.90 Å². The first-order valence-electron chi connectivity index (χ1n) is 6.84. The van der Waals surface area contributed by atoms with Crippen molar-refractivity contribution >= 4 is 24.0 Å². The van der Waals surface area contributed by atoms with Gasteiger partial charge in [0.25, 0.3) is 0 Å². The van der Waals surface area contributed by atoms with Crippen LogP contribution in [-0.2, 0) is 15.1 Å². The fraction of sp³-hybridized carbons (Fsp3) is 0.467. The molecular formula is C15H16ClNO3. The molecule has 3 rings (SSSR count). The average Bonchev–Trinajstić information content (AvgIpc) is 3.27. The van der Waals surface area contributed by atoms with Crippen molar-refractivity contribution in [2.24, 2.45) is 5.92 Å². The number of benzene rings is 1. The minimum absolute atomic E-state index is 0.00743. The van der Waals surface area contributed by atoms with Crippen LogP contribution >= 0.6 is 11.6 Å². The van der Waals surface area contributed by atoms with Crippen LogP contribution in [0, 0.1) is 5.92 Å². The summed E-state index contributed by atoms with van der Waals surface area (Å²) >= 11 is 5.89. The Kier molecular flexibility index (Phi) is 3.21. The largest absolute Gasteiger partial charge is 0.479 e. The van der Waals surface area contributed by atoms with E-state index in [4.69, 9.17) is 11.6 Å². The zero-order chi connectivity index (χ0) is 14.3. The van der Waals surface area contributed by atoms with Crippen LogP contribution in [0.3, 0.4) is 0 Å². The van der Waals surface area contributed by atoms with Gasteiger partial charge >= 0.3 is 5.97 Å². The summed E-state index contributed by atoms with van der Waals surface area (Å²) in [6.07, 6.45) is 4.15. The molecule has 1 N–H and O–H groups in total. The summed E-state index contributed by atoms with van der Waals surface area (Å²) in [5.41, 5.74) is -0.580. The van der Waals surface area contributed by atoms with Gasteiger partial charge in [-0.25, -0.2) is 4.79 Å². The molecule has 1 atom stereocenters. The van der Waals surface area contributed by atoms with Crippen molar-refractivity contribution in [1.29, 1.82) is 0 Å². The molecule has 1 unspecified atom stereocenters. The lowest BCUT2D eigenvalue weighted by molar-refractivity contribution is -0.159. The smallest absolute Gasteiger partial charge is 0.334 e. The van der Waals surface area contributed by atoms with Crippen molar-refractivity contribution in [3.05, 3.63) is 34.9 Å². The molecule has 0 spiro atoms. The average molecular weight is 294 g/mol. The number of carboxylic acids is 1. The lowest BCUT2D eigenvalue weighted by Crippen LogP contribution is -2.54. The highest BCUT2D eigenvalue weighted by Gasteiger charge is 2.59. The minimum Gasteiger partial charge on any atom is -0.479 e. The Hall–Kier alpha value is -1.55. The lowest BCUT2D eigenvalue weighted by atomic mass is 9.83. The molecule has 106 valence electrons. The second kappa shape index (κ2) is 4.77. The van der Waals surface area contributed by atoms with E-state index in [2.05, 4.69) is 0 Å². The maximum Gasteiger partial charge on any atom is 0.334 e. The highest BCUT2D eigenvalue weighted by Crippen LogP contribution is 2.52. The molecule has 0 bridgehead atoms. The summed E-state index contributed by atoms with van der Waals surface area (Å²) in [6, 6.07) is 6.89. The standard InChI is InChI=1S/C15H16ClNO3/c16-12-5-3-11(4-6-12)15(14(19)20,10-1-2-10)17(9-18)13-7-8-13/h3-6,9-10,13H,1-2,7-8H2,(H,19,20). The third-order valence-electron chi connectivity index (χ3n) is 4.24. The molecule has 2 aliphatic carbocycles. The Morgan fingerprint density at radius 3 is 2.25 bits per heavy atom. The second-order valence-electron chi connectivity index (χ2n) is 5.60. The van der Waals surface area contributed by atoms with E-state index >= 15 is 0 Å². The van der Waals surface area contributed by atoms with E-state index in [0.29, 0.717) is 17.0 Å². The van der Waals surface area contributed by atoms with E-state index < -0.39 is 11.5 Å². The summed E-state index contributed by atoms with van der Waals surface area (Å²) in [6.45, 7) is 0. The number of carbonyl (C=O) groups is 2. The van der Waals surface area contributed by atoms with Crippen molar-refractivity contribution in [2.75, 3.05) is 0 Å². The molecule has 2 saturated carbocycles. The molecule has 20 heavy (non-hydrogen) atoms. The number of hydrogen-bond donors (Lipinski definition) is 1. The van der Waals surface area contributed by atoms with Crippen LogP contribution < -0.4 is 0 Å². The van der Waals surface area contributed by atoms with Gasteiger partial charge < -0.3 is 10.0 Å². The summed E-state index contributed by atoms with van der Waals surface area (Å²) < 4.78 is 0. The lowest BCUT2D eigenvalue weighted by Gasteiger charge is -2.39. The van der Waals surface area contributed by atoms with E-state index in [-0.39, 0.29) is 12.0 Å². The van der Waals surface area contributed by atoms with Gasteiger partial charge in [0.15, 0.2) is 5.54 Å². The van der Waals surface area contributed by atoms with Gasteiger partial charge in [-0.1, -0.05) is 23.7 Å². The molecule has 0 radical (unpaired) electrons. The maximum absolute atomic E-state index is 12.1. The van der Waals surface area contributed by atoms with Gasteiger partial charge in [0.1, 0.15) is 0 Å². The molecule has 1 aromatic carbocycles. The van der Waals surface area contributed by atoms with Crippen LogP contribution in [-0.4, -0.2) is 28.4 Å². The van der Waals surface area contributed by atoms with Crippen LogP contribution in [0.15, 0.2) is 24.3 Å². The van der Waals surface area contributed by atoms with Crippen molar-refractivity contribution < 1.29 is 14.7 Å². The SMILES string of the molecule is O=CN(C1CC1)C(C(=O)O)(c1ccc(Cl)cc1)C1CC1. The third kappa shape index (κ3) is 1.99. The second-order valence-corrected chi connectivity index (χ2v) is 6.03. The third-order valence-corrected chi connectivity index (χ3v) is 4.49. The zero-order valence-corrected chi connectivity index (χ0v) is 11.7. The molecule has 1 amide bonds. The van der Waals surface area contributed by atoms with Gasteiger partial charge in [-0.15, -0.1) is 0 Å². The van der Waals surface area contributed by atoms with Crippen LogP contribution in [0.4, 0.5) is 0 Å². The first kappa shape index (κ1) is 13.4.